The smallest absolute Gasteiger partial charge is 0.208 e. The molecule has 0 aliphatic carbocycles. The maximum atomic E-state index is 10.1. The van der Waals surface area contributed by atoms with Crippen LogP contribution in [0.15, 0.2) is 12.2 Å². The molecular formula is C6H10O3S. The van der Waals surface area contributed by atoms with Crippen LogP contribution in [0.1, 0.15) is 12.8 Å². The van der Waals surface area contributed by atoms with Crippen LogP contribution in [0, 0.1) is 0 Å². The molecule has 0 saturated carbocycles. The quantitative estimate of drug-likeness (QED) is 0.312. The van der Waals surface area contributed by atoms with Crippen LogP contribution in [-0.2, 0) is 4.79 Å². The Hall–Kier alpha value is -0.320. The lowest BCUT2D eigenvalue weighted by Gasteiger charge is -1.96. The van der Waals surface area contributed by atoms with Gasteiger partial charge in [-0.2, -0.15) is 0 Å². The van der Waals surface area contributed by atoms with E-state index >= 15 is 0 Å². The molecule has 0 unspecified atom stereocenters. The summed E-state index contributed by atoms with van der Waals surface area (Å²) < 4.78 is 0. The summed E-state index contributed by atoms with van der Waals surface area (Å²) in [4.78, 5) is 10.1. The first-order valence-corrected chi connectivity index (χ1v) is 3.33. The van der Waals surface area contributed by atoms with Crippen molar-refractivity contribution in [3.8, 4) is 0 Å². The normalized spacial score (nSPS) is 11.2. The molecule has 10 heavy (non-hydrogen) atoms. The number of aliphatic hydroxyl groups excluding tert-OH is 1. The van der Waals surface area contributed by atoms with E-state index in [1.165, 1.54) is 6.08 Å². The predicted molar refractivity (Wildman–Crippen MR) is 40.6 cm³/mol. The van der Waals surface area contributed by atoms with Gasteiger partial charge in [0, 0.05) is 6.42 Å². The van der Waals surface area contributed by atoms with E-state index in [9.17, 15) is 4.79 Å². The molecule has 0 bridgehead atoms. The molecule has 0 fully saturated rings. The van der Waals surface area contributed by atoms with Crippen molar-refractivity contribution in [2.75, 3.05) is 0 Å². The van der Waals surface area contributed by atoms with Crippen molar-refractivity contribution >= 4 is 17.7 Å². The summed E-state index contributed by atoms with van der Waals surface area (Å²) in [5, 5.41) is 16.3. The molecule has 4 heteroatoms. The highest BCUT2D eigenvalue weighted by Crippen LogP contribution is 1.95. The van der Waals surface area contributed by atoms with Crippen LogP contribution in [0.4, 0.5) is 0 Å². The molecule has 0 aromatic heterocycles. The Morgan fingerprint density at radius 2 is 2.20 bits per heavy atom. The van der Waals surface area contributed by atoms with Gasteiger partial charge in [-0.1, -0.05) is 6.08 Å². The molecule has 0 heterocycles. The zero-order valence-corrected chi connectivity index (χ0v) is 6.29. The minimum absolute atomic E-state index is 0.248. The monoisotopic (exact) mass is 162 g/mol. The van der Waals surface area contributed by atoms with Crippen LogP contribution in [0.5, 0.6) is 0 Å². The minimum Gasteiger partial charge on any atom is -0.368 e. The van der Waals surface area contributed by atoms with E-state index in [0.29, 0.717) is 6.42 Å². The Balaban J connectivity index is 3.27. The average molecular weight is 162 g/mol. The molecule has 0 aliphatic rings. The molecule has 0 aromatic carbocycles. The van der Waals surface area contributed by atoms with Crippen molar-refractivity contribution in [3.63, 3.8) is 0 Å². The van der Waals surface area contributed by atoms with Crippen molar-refractivity contribution in [3.05, 3.63) is 12.2 Å². The summed E-state index contributed by atoms with van der Waals surface area (Å²) in [6, 6.07) is 0. The van der Waals surface area contributed by atoms with Gasteiger partial charge < -0.3 is 10.2 Å². The third-order valence-corrected chi connectivity index (χ3v) is 1.00. The Labute approximate surface area is 64.8 Å². The fourth-order valence-electron chi connectivity index (χ4n) is 0.429. The molecule has 0 atom stereocenters. The minimum atomic E-state index is -1.29. The van der Waals surface area contributed by atoms with Crippen LogP contribution in [0.2, 0.25) is 0 Å². The van der Waals surface area contributed by atoms with E-state index in [-0.39, 0.29) is 11.5 Å². The van der Waals surface area contributed by atoms with E-state index in [2.05, 4.69) is 12.6 Å². The SMILES string of the molecule is O=C(S)/C=C/CCC(O)O. The Morgan fingerprint density at radius 1 is 1.60 bits per heavy atom. The predicted octanol–water partition coefficient (Wildman–Crippen LogP) is 0.0899. The van der Waals surface area contributed by atoms with E-state index in [1.54, 1.807) is 6.08 Å². The van der Waals surface area contributed by atoms with Gasteiger partial charge in [-0.25, -0.2) is 0 Å². The Morgan fingerprint density at radius 3 is 2.60 bits per heavy atom. The molecule has 0 aromatic rings. The summed E-state index contributed by atoms with van der Waals surface area (Å²) >= 11 is 3.47. The highest BCUT2D eigenvalue weighted by atomic mass is 32.1. The average Bonchev–Trinajstić information content (AvgIpc) is 1.79. The summed E-state index contributed by atoms with van der Waals surface area (Å²) in [5.74, 6) is 0. The summed E-state index contributed by atoms with van der Waals surface area (Å²) in [7, 11) is 0. The molecule has 0 spiro atoms. The van der Waals surface area contributed by atoms with Crippen molar-refractivity contribution < 1.29 is 15.0 Å². The van der Waals surface area contributed by atoms with Gasteiger partial charge in [0.2, 0.25) is 5.12 Å². The number of rotatable bonds is 4. The highest BCUT2D eigenvalue weighted by molar-refractivity contribution is 7.97. The third kappa shape index (κ3) is 7.68. The summed E-state index contributed by atoms with van der Waals surface area (Å²) in [6.45, 7) is 0. The maximum absolute atomic E-state index is 10.1. The highest BCUT2D eigenvalue weighted by Gasteiger charge is 1.92. The second-order valence-corrected chi connectivity index (χ2v) is 2.24. The molecule has 0 rings (SSSR count). The van der Waals surface area contributed by atoms with Gasteiger partial charge in [0.15, 0.2) is 6.29 Å². The van der Waals surface area contributed by atoms with Gasteiger partial charge in [0.1, 0.15) is 0 Å². The molecule has 2 N–H and O–H groups in total. The molecule has 3 nitrogen and oxygen atoms in total. The van der Waals surface area contributed by atoms with Crippen LogP contribution < -0.4 is 0 Å². The first-order valence-electron chi connectivity index (χ1n) is 2.88. The lowest BCUT2D eigenvalue weighted by atomic mass is 10.3. The third-order valence-electron chi connectivity index (χ3n) is 0.852. The van der Waals surface area contributed by atoms with Crippen molar-refractivity contribution in [1.82, 2.24) is 0 Å². The summed E-state index contributed by atoms with van der Waals surface area (Å²) in [5.41, 5.74) is 0. The molecule has 0 radical (unpaired) electrons. The van der Waals surface area contributed by atoms with Crippen molar-refractivity contribution in [1.29, 1.82) is 0 Å². The Bertz CT molecular complexity index is 131. The number of allylic oxidation sites excluding steroid dienone is 1. The molecule has 0 amide bonds. The number of aliphatic hydroxyl groups is 2. The van der Waals surface area contributed by atoms with Gasteiger partial charge >= 0.3 is 0 Å². The van der Waals surface area contributed by atoms with Crippen LogP contribution in [0.3, 0.4) is 0 Å². The second kappa shape index (κ2) is 5.46. The van der Waals surface area contributed by atoms with Gasteiger partial charge in [-0.05, 0) is 12.5 Å². The molecule has 0 aliphatic heterocycles. The largest absolute Gasteiger partial charge is 0.368 e. The van der Waals surface area contributed by atoms with Crippen LogP contribution >= 0.6 is 12.6 Å². The molecule has 58 valence electrons. The van der Waals surface area contributed by atoms with Gasteiger partial charge in [0.05, 0.1) is 0 Å². The number of thiol groups is 1. The first-order chi connectivity index (χ1) is 4.63. The number of carbonyl (C=O) groups excluding carboxylic acids is 1. The fourth-order valence-corrected chi connectivity index (χ4v) is 0.535. The van der Waals surface area contributed by atoms with Crippen LogP contribution in [0.25, 0.3) is 0 Å². The summed E-state index contributed by atoms with van der Waals surface area (Å²) in [6.07, 6.45) is 2.27. The number of carbonyl (C=O) groups is 1. The Kier molecular flexibility index (Phi) is 5.29. The second-order valence-electron chi connectivity index (χ2n) is 1.80. The number of hydrogen-bond donors (Lipinski definition) is 3. The van der Waals surface area contributed by atoms with E-state index < -0.39 is 6.29 Å². The zero-order valence-electron chi connectivity index (χ0n) is 5.40. The first kappa shape index (κ1) is 9.68. The maximum Gasteiger partial charge on any atom is 0.208 e. The lowest BCUT2D eigenvalue weighted by Crippen LogP contribution is -2.01. The standard InChI is InChI=1S/C6H10O3S/c7-5(8)3-1-2-4-6(9)10/h2,4-5,7-8H,1,3H2,(H,9,10)/b4-2+. The van der Waals surface area contributed by atoms with Crippen molar-refractivity contribution in [2.45, 2.75) is 19.1 Å². The number of hydrogen-bond acceptors (Lipinski definition) is 3. The molecular weight excluding hydrogens is 152 g/mol. The fraction of sp³-hybridized carbons (Fsp3) is 0.500. The van der Waals surface area contributed by atoms with Crippen LogP contribution in [-0.4, -0.2) is 21.6 Å². The van der Waals surface area contributed by atoms with E-state index in [0.717, 1.165) is 0 Å². The zero-order chi connectivity index (χ0) is 7.98. The van der Waals surface area contributed by atoms with Gasteiger partial charge in [-0.3, -0.25) is 4.79 Å². The van der Waals surface area contributed by atoms with Gasteiger partial charge in [-0.15, -0.1) is 12.6 Å². The van der Waals surface area contributed by atoms with Gasteiger partial charge in [0.25, 0.3) is 0 Å². The van der Waals surface area contributed by atoms with Crippen molar-refractivity contribution in [2.24, 2.45) is 0 Å². The van der Waals surface area contributed by atoms with E-state index in [4.69, 9.17) is 10.2 Å². The topological polar surface area (TPSA) is 57.5 Å². The lowest BCUT2D eigenvalue weighted by molar-refractivity contribution is -0.106. The van der Waals surface area contributed by atoms with E-state index in [1.807, 2.05) is 0 Å². The molecule has 0 saturated heterocycles.